The summed E-state index contributed by atoms with van der Waals surface area (Å²) in [6.07, 6.45) is -0.347. The molecule has 0 saturated carbocycles. The number of aliphatic carboxylic acids is 1. The number of hydrogen-bond acceptors (Lipinski definition) is 6. The van der Waals surface area contributed by atoms with Crippen LogP contribution in [0, 0.1) is 0 Å². The number of amides is 1. The van der Waals surface area contributed by atoms with Gasteiger partial charge in [-0.1, -0.05) is 30.3 Å². The molecule has 118 valence electrons. The summed E-state index contributed by atoms with van der Waals surface area (Å²) in [5.74, 6) is -1.01. The Morgan fingerprint density at radius 3 is 2.82 bits per heavy atom. The Labute approximate surface area is 127 Å². The number of carbonyl (C=O) groups excluding carboxylic acids is 1. The molecule has 22 heavy (non-hydrogen) atoms. The molecule has 0 aliphatic carbocycles. The Morgan fingerprint density at radius 2 is 2.18 bits per heavy atom. The minimum atomic E-state index is -1.18. The van der Waals surface area contributed by atoms with Crippen LogP contribution < -0.4 is 16.4 Å². The van der Waals surface area contributed by atoms with Gasteiger partial charge in [0.2, 0.25) is 0 Å². The number of rotatable bonds is 5. The van der Waals surface area contributed by atoms with Crippen molar-refractivity contribution >= 4 is 18.0 Å². The second-order valence-corrected chi connectivity index (χ2v) is 4.82. The third kappa shape index (κ3) is 4.37. The fourth-order valence-corrected chi connectivity index (χ4v) is 2.09. The molecule has 0 radical (unpaired) electrons. The maximum absolute atomic E-state index is 11.8. The van der Waals surface area contributed by atoms with Crippen LogP contribution in [-0.2, 0) is 16.1 Å². The van der Waals surface area contributed by atoms with Gasteiger partial charge in [0.1, 0.15) is 6.61 Å². The maximum Gasteiger partial charge on any atom is 0.408 e. The predicted octanol–water partition coefficient (Wildman–Crippen LogP) is 0.0426. The van der Waals surface area contributed by atoms with Gasteiger partial charge >= 0.3 is 12.1 Å². The number of carboxylic acids is 1. The molecular weight excluding hydrogens is 288 g/mol. The Kier molecular flexibility index (Phi) is 5.18. The molecule has 0 bridgehead atoms. The van der Waals surface area contributed by atoms with E-state index in [1.54, 1.807) is 12.1 Å². The fourth-order valence-electron chi connectivity index (χ4n) is 2.09. The number of nitrogens with zero attached hydrogens (tertiary/aromatic N) is 1. The van der Waals surface area contributed by atoms with Crippen LogP contribution in [0.2, 0.25) is 0 Å². The van der Waals surface area contributed by atoms with Gasteiger partial charge in [0.05, 0.1) is 6.04 Å². The van der Waals surface area contributed by atoms with Crippen LogP contribution >= 0.6 is 0 Å². The number of aliphatic imine (C=N–C) groups is 1. The Morgan fingerprint density at radius 1 is 1.45 bits per heavy atom. The fraction of sp³-hybridized carbons (Fsp3) is 0.357. The van der Waals surface area contributed by atoms with Crippen LogP contribution in [-0.4, -0.2) is 41.8 Å². The summed E-state index contributed by atoms with van der Waals surface area (Å²) < 4.78 is 5.02. The van der Waals surface area contributed by atoms with Crippen LogP contribution in [0.15, 0.2) is 35.3 Å². The molecule has 1 aliphatic rings. The minimum Gasteiger partial charge on any atom is -0.480 e. The van der Waals surface area contributed by atoms with E-state index in [1.165, 1.54) is 0 Å². The zero-order valence-corrected chi connectivity index (χ0v) is 11.9. The van der Waals surface area contributed by atoms with Crippen LogP contribution in [0.1, 0.15) is 12.0 Å². The van der Waals surface area contributed by atoms with Crippen LogP contribution in [0.5, 0.6) is 0 Å². The van der Waals surface area contributed by atoms with Crippen molar-refractivity contribution in [2.75, 3.05) is 6.54 Å². The highest BCUT2D eigenvalue weighted by atomic mass is 16.5. The first-order valence-corrected chi connectivity index (χ1v) is 6.83. The molecule has 5 N–H and O–H groups in total. The average molecular weight is 306 g/mol. The highest BCUT2D eigenvalue weighted by Crippen LogP contribution is 2.09. The molecule has 1 aliphatic heterocycles. The maximum atomic E-state index is 11.8. The van der Waals surface area contributed by atoms with Gasteiger partial charge in [0.25, 0.3) is 0 Å². The van der Waals surface area contributed by atoms with Crippen molar-refractivity contribution in [1.29, 1.82) is 0 Å². The molecule has 1 amide bonds. The first kappa shape index (κ1) is 15.6. The van der Waals surface area contributed by atoms with Crippen LogP contribution in [0.4, 0.5) is 4.79 Å². The molecule has 2 atom stereocenters. The lowest BCUT2D eigenvalue weighted by Crippen LogP contribution is -2.52. The Bertz CT molecular complexity index is 561. The summed E-state index contributed by atoms with van der Waals surface area (Å²) >= 11 is 0. The minimum absolute atomic E-state index is 0.0661. The average Bonchev–Trinajstić information content (AvgIpc) is 2.51. The molecule has 0 fully saturated rings. The van der Waals surface area contributed by atoms with Gasteiger partial charge in [-0.2, -0.15) is 0 Å². The van der Waals surface area contributed by atoms with Gasteiger partial charge in [0.15, 0.2) is 12.0 Å². The standard InChI is InChI=1S/C14H18N4O4/c15-13-16-7-6-10(17-13)11(12(19)20)18-14(21)22-8-9-4-2-1-3-5-9/h1-5,10-11H,6-8H2,(H,18,21)(H,19,20)(H3,15,16,17)/t10-,11+/m1/s1. The second-order valence-electron chi connectivity index (χ2n) is 4.82. The topological polar surface area (TPSA) is 126 Å². The van der Waals surface area contributed by atoms with Gasteiger partial charge in [-0.15, -0.1) is 0 Å². The van der Waals surface area contributed by atoms with Crippen molar-refractivity contribution in [3.8, 4) is 0 Å². The lowest BCUT2D eigenvalue weighted by atomic mass is 10.0. The normalized spacial score (nSPS) is 18.5. The molecule has 8 nitrogen and oxygen atoms in total. The molecule has 0 spiro atoms. The summed E-state index contributed by atoms with van der Waals surface area (Å²) in [7, 11) is 0. The lowest BCUT2D eigenvalue weighted by Gasteiger charge is -2.25. The molecule has 1 aromatic carbocycles. The third-order valence-corrected chi connectivity index (χ3v) is 3.19. The quantitative estimate of drug-likeness (QED) is 0.608. The van der Waals surface area contributed by atoms with E-state index in [-0.39, 0.29) is 12.6 Å². The van der Waals surface area contributed by atoms with Gasteiger partial charge in [0, 0.05) is 6.54 Å². The van der Waals surface area contributed by atoms with E-state index in [0.717, 1.165) is 5.56 Å². The SMILES string of the molecule is NC1=N[C@@H]([C@H](NC(=O)OCc2ccccc2)C(=O)O)CCN1. The number of alkyl carbamates (subject to hydrolysis) is 1. The summed E-state index contributed by atoms with van der Waals surface area (Å²) in [6, 6.07) is 7.31. The van der Waals surface area contributed by atoms with E-state index in [0.29, 0.717) is 13.0 Å². The smallest absolute Gasteiger partial charge is 0.408 e. The first-order valence-electron chi connectivity index (χ1n) is 6.83. The molecule has 1 aromatic rings. The summed E-state index contributed by atoms with van der Waals surface area (Å²) in [6.45, 7) is 0.571. The van der Waals surface area contributed by atoms with E-state index >= 15 is 0 Å². The Balaban J connectivity index is 1.92. The molecule has 2 rings (SSSR count). The highest BCUT2D eigenvalue weighted by molar-refractivity contribution is 5.83. The first-order chi connectivity index (χ1) is 10.6. The Hall–Kier alpha value is -2.77. The largest absolute Gasteiger partial charge is 0.480 e. The van der Waals surface area contributed by atoms with Crippen molar-refractivity contribution in [3.05, 3.63) is 35.9 Å². The van der Waals surface area contributed by atoms with Crippen LogP contribution in [0.25, 0.3) is 0 Å². The number of guanidine groups is 1. The molecule has 8 heteroatoms. The third-order valence-electron chi connectivity index (χ3n) is 3.19. The number of carbonyl (C=O) groups is 2. The van der Waals surface area contributed by atoms with Gasteiger partial charge < -0.3 is 26.2 Å². The number of carboxylic acid groups (broad SMARTS) is 1. The van der Waals surface area contributed by atoms with E-state index < -0.39 is 24.1 Å². The number of benzene rings is 1. The predicted molar refractivity (Wildman–Crippen MR) is 79.2 cm³/mol. The van der Waals surface area contributed by atoms with Crippen molar-refractivity contribution in [2.24, 2.45) is 10.7 Å². The van der Waals surface area contributed by atoms with Crippen LogP contribution in [0.3, 0.4) is 0 Å². The number of ether oxygens (including phenoxy) is 1. The van der Waals surface area contributed by atoms with E-state index in [9.17, 15) is 14.7 Å². The number of nitrogens with one attached hydrogen (secondary N) is 2. The van der Waals surface area contributed by atoms with Gasteiger partial charge in [-0.25, -0.2) is 14.6 Å². The lowest BCUT2D eigenvalue weighted by molar-refractivity contribution is -0.139. The van der Waals surface area contributed by atoms with Crippen molar-refractivity contribution < 1.29 is 19.4 Å². The summed E-state index contributed by atoms with van der Waals surface area (Å²) in [5.41, 5.74) is 6.34. The van der Waals surface area contributed by atoms with E-state index in [4.69, 9.17) is 10.5 Å². The van der Waals surface area contributed by atoms with Crippen molar-refractivity contribution in [2.45, 2.75) is 25.1 Å². The van der Waals surface area contributed by atoms with Gasteiger partial charge in [-0.3, -0.25) is 0 Å². The molecule has 0 aromatic heterocycles. The van der Waals surface area contributed by atoms with Crippen molar-refractivity contribution in [1.82, 2.24) is 10.6 Å². The van der Waals surface area contributed by atoms with E-state index in [1.807, 2.05) is 18.2 Å². The summed E-state index contributed by atoms with van der Waals surface area (Å²) in [5, 5.41) is 14.4. The highest BCUT2D eigenvalue weighted by Gasteiger charge is 2.31. The molecule has 0 unspecified atom stereocenters. The monoisotopic (exact) mass is 306 g/mol. The number of nitrogens with two attached hydrogens (primary N) is 1. The van der Waals surface area contributed by atoms with Gasteiger partial charge in [-0.05, 0) is 12.0 Å². The second kappa shape index (κ2) is 7.30. The zero-order chi connectivity index (χ0) is 15.9. The molecule has 0 saturated heterocycles. The molecule has 1 heterocycles. The zero-order valence-electron chi connectivity index (χ0n) is 11.9. The van der Waals surface area contributed by atoms with E-state index in [2.05, 4.69) is 15.6 Å². The summed E-state index contributed by atoms with van der Waals surface area (Å²) in [4.78, 5) is 27.1. The molecular formula is C14H18N4O4. The number of hydrogen-bond donors (Lipinski definition) is 4. The van der Waals surface area contributed by atoms with Crippen molar-refractivity contribution in [3.63, 3.8) is 0 Å².